The Bertz CT molecular complexity index is 760. The molecule has 1 N–H and O–H groups in total. The second kappa shape index (κ2) is 7.46. The zero-order chi connectivity index (χ0) is 17.8. The monoisotopic (exact) mass is 344 g/mol. The van der Waals surface area contributed by atoms with Crippen LogP contribution >= 0.6 is 0 Å². The van der Waals surface area contributed by atoms with E-state index >= 15 is 0 Å². The van der Waals surface area contributed by atoms with E-state index in [1.807, 2.05) is 12.3 Å². The van der Waals surface area contributed by atoms with Crippen molar-refractivity contribution in [3.05, 3.63) is 48.0 Å². The molecule has 0 bridgehead atoms. The Kier molecular flexibility index (Phi) is 5.11. The summed E-state index contributed by atoms with van der Waals surface area (Å²) in [4.78, 5) is 25.8. The Hall–Kier alpha value is -2.70. The van der Waals surface area contributed by atoms with Gasteiger partial charge in [-0.2, -0.15) is 5.10 Å². The van der Waals surface area contributed by atoms with Crippen molar-refractivity contribution in [3.8, 4) is 0 Å². The van der Waals surface area contributed by atoms with Crippen LogP contribution in [0.4, 0.5) is 10.1 Å². The van der Waals surface area contributed by atoms with Crippen LogP contribution in [-0.4, -0.2) is 34.7 Å². The van der Waals surface area contributed by atoms with Gasteiger partial charge in [0.05, 0.1) is 11.6 Å². The van der Waals surface area contributed by atoms with Crippen molar-refractivity contribution < 1.29 is 14.0 Å². The van der Waals surface area contributed by atoms with Gasteiger partial charge in [0, 0.05) is 38.4 Å². The molecule has 1 saturated heterocycles. The highest BCUT2D eigenvalue weighted by molar-refractivity contribution is 6.00. The SMILES string of the molecule is Cc1ccc(N2CC(C(=O)NCCCn3cccn3)CC2=O)c(F)c1. The lowest BCUT2D eigenvalue weighted by atomic mass is 10.1. The van der Waals surface area contributed by atoms with Gasteiger partial charge in [0.1, 0.15) is 5.82 Å². The molecular weight excluding hydrogens is 323 g/mol. The minimum atomic E-state index is -0.446. The summed E-state index contributed by atoms with van der Waals surface area (Å²) in [6, 6.07) is 6.59. The van der Waals surface area contributed by atoms with E-state index in [1.54, 1.807) is 29.9 Å². The Labute approximate surface area is 145 Å². The molecule has 6 nitrogen and oxygen atoms in total. The highest BCUT2D eigenvalue weighted by Crippen LogP contribution is 2.28. The average Bonchev–Trinajstić information content (AvgIpc) is 3.21. The summed E-state index contributed by atoms with van der Waals surface area (Å²) in [7, 11) is 0. The van der Waals surface area contributed by atoms with E-state index in [-0.39, 0.29) is 30.5 Å². The summed E-state index contributed by atoms with van der Waals surface area (Å²) in [6.45, 7) is 3.24. The van der Waals surface area contributed by atoms with E-state index in [4.69, 9.17) is 0 Å². The van der Waals surface area contributed by atoms with Crippen LogP contribution in [-0.2, 0) is 16.1 Å². The lowest BCUT2D eigenvalue weighted by Gasteiger charge is -2.17. The van der Waals surface area contributed by atoms with Gasteiger partial charge in [-0.05, 0) is 37.1 Å². The Morgan fingerprint density at radius 2 is 2.28 bits per heavy atom. The van der Waals surface area contributed by atoms with Gasteiger partial charge in [-0.1, -0.05) is 6.07 Å². The van der Waals surface area contributed by atoms with Crippen LogP contribution < -0.4 is 10.2 Å². The van der Waals surface area contributed by atoms with Gasteiger partial charge < -0.3 is 10.2 Å². The third-order valence-electron chi connectivity index (χ3n) is 4.31. The molecular formula is C18H21FN4O2. The number of hydrogen-bond acceptors (Lipinski definition) is 3. The quantitative estimate of drug-likeness (QED) is 0.814. The topological polar surface area (TPSA) is 67.2 Å². The molecule has 1 unspecified atom stereocenters. The molecule has 3 rings (SSSR count). The molecule has 1 aliphatic heterocycles. The first-order chi connectivity index (χ1) is 12.0. The molecule has 0 aliphatic carbocycles. The number of amides is 2. The molecule has 1 aliphatic rings. The van der Waals surface area contributed by atoms with Gasteiger partial charge in [-0.3, -0.25) is 14.3 Å². The van der Waals surface area contributed by atoms with Crippen molar-refractivity contribution >= 4 is 17.5 Å². The maximum absolute atomic E-state index is 14.1. The summed E-state index contributed by atoms with van der Waals surface area (Å²) >= 11 is 0. The maximum atomic E-state index is 14.1. The smallest absolute Gasteiger partial charge is 0.227 e. The Morgan fingerprint density at radius 1 is 1.44 bits per heavy atom. The number of anilines is 1. The van der Waals surface area contributed by atoms with Crippen molar-refractivity contribution in [1.82, 2.24) is 15.1 Å². The molecule has 132 valence electrons. The molecule has 1 aromatic heterocycles. The largest absolute Gasteiger partial charge is 0.356 e. The molecule has 0 spiro atoms. The molecule has 1 aromatic carbocycles. The number of nitrogens with zero attached hydrogens (tertiary/aromatic N) is 3. The van der Waals surface area contributed by atoms with Crippen LogP contribution in [0.15, 0.2) is 36.7 Å². The van der Waals surface area contributed by atoms with E-state index in [1.165, 1.54) is 11.0 Å². The van der Waals surface area contributed by atoms with Crippen LogP contribution in [0.25, 0.3) is 0 Å². The number of nitrogens with one attached hydrogen (secondary N) is 1. The summed E-state index contributed by atoms with van der Waals surface area (Å²) in [5.41, 5.74) is 1.03. The van der Waals surface area contributed by atoms with Crippen LogP contribution in [0.1, 0.15) is 18.4 Å². The number of carbonyl (C=O) groups is 2. The summed E-state index contributed by atoms with van der Waals surface area (Å²) < 4.78 is 15.9. The number of hydrogen-bond donors (Lipinski definition) is 1. The number of halogens is 1. The van der Waals surface area contributed by atoms with E-state index in [0.717, 1.165) is 18.5 Å². The van der Waals surface area contributed by atoms with E-state index in [9.17, 15) is 14.0 Å². The molecule has 7 heteroatoms. The number of aromatic nitrogens is 2. The first-order valence-electron chi connectivity index (χ1n) is 8.36. The molecule has 0 saturated carbocycles. The zero-order valence-corrected chi connectivity index (χ0v) is 14.1. The molecule has 1 fully saturated rings. The van der Waals surface area contributed by atoms with E-state index < -0.39 is 11.7 Å². The van der Waals surface area contributed by atoms with Crippen LogP contribution in [0.5, 0.6) is 0 Å². The van der Waals surface area contributed by atoms with E-state index in [2.05, 4.69) is 10.4 Å². The summed E-state index contributed by atoms with van der Waals surface area (Å²) in [5.74, 6) is -1.27. The third-order valence-corrected chi connectivity index (χ3v) is 4.31. The highest BCUT2D eigenvalue weighted by Gasteiger charge is 2.35. The maximum Gasteiger partial charge on any atom is 0.227 e. The van der Waals surface area contributed by atoms with Crippen molar-refractivity contribution in [3.63, 3.8) is 0 Å². The van der Waals surface area contributed by atoms with Crippen molar-refractivity contribution in [1.29, 1.82) is 0 Å². The Balaban J connectivity index is 1.52. The summed E-state index contributed by atoms with van der Waals surface area (Å²) in [6.07, 6.45) is 4.44. The minimum Gasteiger partial charge on any atom is -0.356 e. The molecule has 25 heavy (non-hydrogen) atoms. The first-order valence-corrected chi connectivity index (χ1v) is 8.36. The molecule has 0 radical (unpaired) electrons. The summed E-state index contributed by atoms with van der Waals surface area (Å²) in [5, 5.41) is 6.95. The fourth-order valence-electron chi connectivity index (χ4n) is 2.98. The standard InChI is InChI=1S/C18H21FN4O2/c1-13-4-5-16(15(19)10-13)23-12-14(11-17(23)24)18(25)20-6-2-8-22-9-3-7-21-22/h3-5,7,9-10,14H,2,6,8,11-12H2,1H3,(H,20,25). The van der Waals surface area contributed by atoms with Crippen LogP contribution in [0.3, 0.4) is 0 Å². The number of aryl methyl sites for hydroxylation is 2. The van der Waals surface area contributed by atoms with Crippen LogP contribution in [0.2, 0.25) is 0 Å². The fraction of sp³-hybridized carbons (Fsp3) is 0.389. The van der Waals surface area contributed by atoms with Crippen molar-refractivity contribution in [2.75, 3.05) is 18.0 Å². The van der Waals surface area contributed by atoms with Gasteiger partial charge >= 0.3 is 0 Å². The zero-order valence-electron chi connectivity index (χ0n) is 14.1. The normalized spacial score (nSPS) is 17.1. The predicted molar refractivity (Wildman–Crippen MR) is 91.5 cm³/mol. The fourth-order valence-corrected chi connectivity index (χ4v) is 2.98. The van der Waals surface area contributed by atoms with Crippen molar-refractivity contribution in [2.45, 2.75) is 26.3 Å². The van der Waals surface area contributed by atoms with Gasteiger partial charge in [-0.15, -0.1) is 0 Å². The van der Waals surface area contributed by atoms with Crippen LogP contribution in [0, 0.1) is 18.7 Å². The second-order valence-electron chi connectivity index (χ2n) is 6.27. The molecule has 2 aromatic rings. The molecule has 2 amide bonds. The second-order valence-corrected chi connectivity index (χ2v) is 6.27. The average molecular weight is 344 g/mol. The minimum absolute atomic E-state index is 0.109. The van der Waals surface area contributed by atoms with Gasteiger partial charge in [0.2, 0.25) is 11.8 Å². The predicted octanol–water partition coefficient (Wildman–Crippen LogP) is 1.89. The number of carbonyl (C=O) groups excluding carboxylic acids is 2. The lowest BCUT2D eigenvalue weighted by Crippen LogP contribution is -2.34. The van der Waals surface area contributed by atoms with Gasteiger partial charge in [0.25, 0.3) is 0 Å². The number of rotatable bonds is 6. The number of benzene rings is 1. The van der Waals surface area contributed by atoms with Crippen molar-refractivity contribution in [2.24, 2.45) is 5.92 Å². The first kappa shape index (κ1) is 17.1. The Morgan fingerprint density at radius 3 is 3.00 bits per heavy atom. The molecule has 2 heterocycles. The van der Waals surface area contributed by atoms with E-state index in [0.29, 0.717) is 6.54 Å². The molecule has 1 atom stereocenters. The van der Waals surface area contributed by atoms with Gasteiger partial charge in [-0.25, -0.2) is 4.39 Å². The van der Waals surface area contributed by atoms with Gasteiger partial charge in [0.15, 0.2) is 0 Å². The lowest BCUT2D eigenvalue weighted by molar-refractivity contribution is -0.126. The highest BCUT2D eigenvalue weighted by atomic mass is 19.1. The third kappa shape index (κ3) is 4.04.